The molecule has 0 aliphatic heterocycles. The van der Waals surface area contributed by atoms with Crippen LogP contribution in [0.4, 0.5) is 0 Å². The summed E-state index contributed by atoms with van der Waals surface area (Å²) in [5.74, 6) is 0.921. The zero-order chi connectivity index (χ0) is 27.0. The number of nitrogens with zero attached hydrogens (tertiary/aromatic N) is 1. The highest BCUT2D eigenvalue weighted by Crippen LogP contribution is 2.07. The normalized spacial score (nSPS) is 10.8. The number of carbonyl (C=O) groups is 4. The fourth-order valence-corrected chi connectivity index (χ4v) is 3.76. The Labute approximate surface area is 223 Å². The van der Waals surface area contributed by atoms with E-state index in [0.29, 0.717) is 69.3 Å². The van der Waals surface area contributed by atoms with Gasteiger partial charge in [-0.1, -0.05) is 20.8 Å². The predicted octanol–water partition coefficient (Wildman–Crippen LogP) is -0.136. The lowest BCUT2D eigenvalue weighted by Gasteiger charge is -2.23. The number of carbonyl (C=O) groups excluding carboxylic acids is 4. The molecule has 11 nitrogen and oxygen atoms in total. The number of ether oxygens (including phenoxy) is 2. The molecule has 0 atom stereocenters. The van der Waals surface area contributed by atoms with Crippen molar-refractivity contribution in [2.45, 2.75) is 38.9 Å². The summed E-state index contributed by atoms with van der Waals surface area (Å²) in [6, 6.07) is 0. The Kier molecular flexibility index (Phi) is 22.8. The minimum Gasteiger partial charge on any atom is -0.394 e. The van der Waals surface area contributed by atoms with Gasteiger partial charge < -0.3 is 35.4 Å². The highest BCUT2D eigenvalue weighted by molar-refractivity contribution is 8.00. The molecule has 0 heterocycles. The second-order valence-corrected chi connectivity index (χ2v) is 10.7. The maximum atomic E-state index is 12.7. The fourth-order valence-electron chi connectivity index (χ4n) is 2.68. The Morgan fingerprint density at radius 1 is 0.806 bits per heavy atom. The Morgan fingerprint density at radius 3 is 1.97 bits per heavy atom. The first-order chi connectivity index (χ1) is 17.3. The first kappa shape index (κ1) is 34.5. The molecule has 0 aliphatic carbocycles. The molecule has 0 unspecified atom stereocenters. The molecule has 0 aromatic heterocycles. The monoisotopic (exact) mass is 552 g/mol. The summed E-state index contributed by atoms with van der Waals surface area (Å²) in [6.07, 6.45) is 0.0598. The van der Waals surface area contributed by atoms with Crippen molar-refractivity contribution in [2.75, 3.05) is 83.0 Å². The van der Waals surface area contributed by atoms with E-state index < -0.39 is 0 Å². The van der Waals surface area contributed by atoms with Crippen LogP contribution in [-0.4, -0.2) is 122 Å². The molecule has 36 heavy (non-hydrogen) atoms. The summed E-state index contributed by atoms with van der Waals surface area (Å²) < 4.78 is 10.4. The number of hydrogen-bond donors (Lipinski definition) is 4. The van der Waals surface area contributed by atoms with Gasteiger partial charge >= 0.3 is 0 Å². The van der Waals surface area contributed by atoms with Crippen LogP contribution in [0, 0.1) is 0 Å². The first-order valence-corrected chi connectivity index (χ1v) is 14.5. The summed E-state index contributed by atoms with van der Waals surface area (Å²) in [4.78, 5) is 50.2. The van der Waals surface area contributed by atoms with Crippen molar-refractivity contribution in [2.24, 2.45) is 0 Å². The molecule has 0 radical (unpaired) electrons. The maximum Gasteiger partial charge on any atom is 0.230 e. The van der Waals surface area contributed by atoms with Crippen LogP contribution in [0.3, 0.4) is 0 Å². The second kappa shape index (κ2) is 23.8. The van der Waals surface area contributed by atoms with Crippen LogP contribution in [-0.2, 0) is 28.7 Å². The van der Waals surface area contributed by atoms with Gasteiger partial charge in [-0.15, -0.1) is 11.8 Å². The zero-order valence-electron chi connectivity index (χ0n) is 21.8. The molecule has 0 rings (SSSR count). The molecule has 0 spiro atoms. The van der Waals surface area contributed by atoms with E-state index in [1.54, 1.807) is 16.7 Å². The molecule has 0 bridgehead atoms. The minimum absolute atomic E-state index is 0.0263. The van der Waals surface area contributed by atoms with Crippen LogP contribution in [0.5, 0.6) is 0 Å². The Bertz CT molecular complexity index is 627. The number of nitrogens with one attached hydrogen (secondary N) is 3. The highest BCUT2D eigenvalue weighted by atomic mass is 32.2. The van der Waals surface area contributed by atoms with Gasteiger partial charge in [-0.25, -0.2) is 0 Å². The van der Waals surface area contributed by atoms with Crippen molar-refractivity contribution < 1.29 is 33.8 Å². The van der Waals surface area contributed by atoms with Crippen molar-refractivity contribution in [3.63, 3.8) is 0 Å². The van der Waals surface area contributed by atoms with Gasteiger partial charge in [0.15, 0.2) is 0 Å². The zero-order valence-corrected chi connectivity index (χ0v) is 23.5. The van der Waals surface area contributed by atoms with Gasteiger partial charge in [0.25, 0.3) is 0 Å². The van der Waals surface area contributed by atoms with Crippen LogP contribution in [0.25, 0.3) is 0 Å². The lowest BCUT2D eigenvalue weighted by Crippen LogP contribution is -2.43. The van der Waals surface area contributed by atoms with Gasteiger partial charge in [0.2, 0.25) is 23.6 Å². The van der Waals surface area contributed by atoms with E-state index >= 15 is 0 Å². The lowest BCUT2D eigenvalue weighted by atomic mass is 10.2. The molecular formula is C23H44N4O7S2. The van der Waals surface area contributed by atoms with Crippen molar-refractivity contribution in [1.82, 2.24) is 20.9 Å². The van der Waals surface area contributed by atoms with Gasteiger partial charge in [0.05, 0.1) is 44.5 Å². The first-order valence-electron chi connectivity index (χ1n) is 12.3. The van der Waals surface area contributed by atoms with Crippen LogP contribution in [0.15, 0.2) is 0 Å². The summed E-state index contributed by atoms with van der Waals surface area (Å²) in [5, 5.41) is 17.3. The number of rotatable bonds is 23. The molecule has 0 aliphatic rings. The third-order valence-electron chi connectivity index (χ3n) is 4.49. The fraction of sp³-hybridized carbons (Fsp3) is 0.826. The average molecular weight is 553 g/mol. The van der Waals surface area contributed by atoms with Crippen molar-refractivity contribution in [3.8, 4) is 0 Å². The predicted molar refractivity (Wildman–Crippen MR) is 144 cm³/mol. The highest BCUT2D eigenvalue weighted by Gasteiger charge is 2.16. The van der Waals surface area contributed by atoms with E-state index in [0.717, 1.165) is 5.75 Å². The largest absolute Gasteiger partial charge is 0.394 e. The third-order valence-corrected chi connectivity index (χ3v) is 6.46. The average Bonchev–Trinajstić information content (AvgIpc) is 2.85. The van der Waals surface area contributed by atoms with Gasteiger partial charge in [0, 0.05) is 45.6 Å². The molecule has 0 aromatic carbocycles. The van der Waals surface area contributed by atoms with Crippen molar-refractivity contribution in [1.29, 1.82) is 0 Å². The molecule has 210 valence electrons. The molecule has 0 saturated heterocycles. The van der Waals surface area contributed by atoms with Gasteiger partial charge in [-0.2, -0.15) is 11.8 Å². The van der Waals surface area contributed by atoms with E-state index in [2.05, 4.69) is 16.0 Å². The SMILES string of the molecule is CCSCC(=O)NCCN(CCNC(=O)CSC(C)C)C(=O)CCC(=O)NCCOCCOCCO. The minimum atomic E-state index is -0.257. The Hall–Kier alpha value is -1.54. The summed E-state index contributed by atoms with van der Waals surface area (Å²) in [7, 11) is 0. The van der Waals surface area contributed by atoms with Crippen LogP contribution in [0.2, 0.25) is 0 Å². The summed E-state index contributed by atoms with van der Waals surface area (Å²) in [5.41, 5.74) is 0. The molecule has 13 heteroatoms. The second-order valence-electron chi connectivity index (χ2n) is 7.88. The third kappa shape index (κ3) is 21.7. The van der Waals surface area contributed by atoms with E-state index in [-0.39, 0.29) is 49.7 Å². The number of aliphatic hydroxyl groups excluding tert-OH is 1. The molecular weight excluding hydrogens is 508 g/mol. The maximum absolute atomic E-state index is 12.7. The van der Waals surface area contributed by atoms with Crippen molar-refractivity contribution >= 4 is 47.2 Å². The number of hydrogen-bond acceptors (Lipinski definition) is 9. The molecule has 4 amide bonds. The number of thioether (sulfide) groups is 2. The van der Waals surface area contributed by atoms with Crippen LogP contribution >= 0.6 is 23.5 Å². The van der Waals surface area contributed by atoms with E-state index in [9.17, 15) is 19.2 Å². The summed E-state index contributed by atoms with van der Waals surface area (Å²) in [6.45, 7) is 8.81. The van der Waals surface area contributed by atoms with E-state index in [4.69, 9.17) is 14.6 Å². The topological polar surface area (TPSA) is 146 Å². The van der Waals surface area contributed by atoms with Crippen molar-refractivity contribution in [3.05, 3.63) is 0 Å². The summed E-state index contributed by atoms with van der Waals surface area (Å²) >= 11 is 3.06. The Balaban J connectivity index is 4.40. The van der Waals surface area contributed by atoms with Gasteiger partial charge in [-0.3, -0.25) is 19.2 Å². The number of amides is 4. The number of aliphatic hydroxyl groups is 1. The van der Waals surface area contributed by atoms with Crippen LogP contribution < -0.4 is 16.0 Å². The smallest absolute Gasteiger partial charge is 0.230 e. The lowest BCUT2D eigenvalue weighted by molar-refractivity contribution is -0.134. The molecule has 0 saturated carbocycles. The van der Waals surface area contributed by atoms with E-state index in [1.807, 2.05) is 20.8 Å². The standard InChI is InChI=1S/C23H44N4O7S2/c1-4-35-17-21(30)24-7-10-27(11-8-25-22(31)18-36-19(2)3)23(32)6-5-20(29)26-9-13-33-15-16-34-14-12-28/h19,28H,4-18H2,1-3H3,(H,24,30)(H,25,31)(H,26,29). The van der Waals surface area contributed by atoms with Gasteiger partial charge in [0.1, 0.15) is 0 Å². The van der Waals surface area contributed by atoms with E-state index in [1.165, 1.54) is 11.8 Å². The quantitative estimate of drug-likeness (QED) is 0.127. The van der Waals surface area contributed by atoms with Gasteiger partial charge in [-0.05, 0) is 11.0 Å². The molecule has 0 aromatic rings. The van der Waals surface area contributed by atoms with Crippen LogP contribution in [0.1, 0.15) is 33.6 Å². The molecule has 4 N–H and O–H groups in total. The Morgan fingerprint density at radius 2 is 1.39 bits per heavy atom. The molecule has 0 fully saturated rings.